The van der Waals surface area contributed by atoms with Crippen LogP contribution in [0.2, 0.25) is 0 Å². The highest BCUT2D eigenvalue weighted by molar-refractivity contribution is 5.66. The Hall–Kier alpha value is -3.47. The van der Waals surface area contributed by atoms with Crippen molar-refractivity contribution in [3.63, 3.8) is 0 Å². The molecule has 1 atom stereocenters. The molecule has 5 rings (SSSR count). The Morgan fingerprint density at radius 2 is 1.75 bits per heavy atom. The molecule has 5 heteroatoms. The molecular weight excluding hydrogens is 353 g/mol. The first-order valence-electron chi connectivity index (χ1n) is 9.31. The molecule has 2 heterocycles. The van der Waals surface area contributed by atoms with E-state index in [4.69, 9.17) is 4.52 Å². The van der Waals surface area contributed by atoms with Crippen LogP contribution in [0.3, 0.4) is 0 Å². The summed E-state index contributed by atoms with van der Waals surface area (Å²) in [7, 11) is 0. The quantitative estimate of drug-likeness (QED) is 0.463. The van der Waals surface area contributed by atoms with Crippen LogP contribution in [-0.2, 0) is 6.42 Å². The van der Waals surface area contributed by atoms with Gasteiger partial charge >= 0.3 is 6.01 Å². The van der Waals surface area contributed by atoms with Gasteiger partial charge in [0.2, 0.25) is 5.82 Å². The minimum absolute atomic E-state index is 0.0944. The summed E-state index contributed by atoms with van der Waals surface area (Å²) in [6, 6.07) is 25.4. The van der Waals surface area contributed by atoms with E-state index in [1.165, 1.54) is 23.3 Å². The zero-order chi connectivity index (χ0) is 18.9. The number of aromatic nitrogens is 2. The van der Waals surface area contributed by atoms with Crippen molar-refractivity contribution < 1.29 is 8.91 Å². The summed E-state index contributed by atoms with van der Waals surface area (Å²) >= 11 is 0. The van der Waals surface area contributed by atoms with Gasteiger partial charge in [0, 0.05) is 11.3 Å². The smallest absolute Gasteiger partial charge is 0.314 e. The second kappa shape index (κ2) is 6.93. The molecule has 4 aromatic rings. The van der Waals surface area contributed by atoms with Crippen LogP contribution in [0.15, 0.2) is 83.4 Å². The molecule has 4 nitrogen and oxygen atoms in total. The van der Waals surface area contributed by atoms with Crippen molar-refractivity contribution in [3.8, 4) is 11.4 Å². The van der Waals surface area contributed by atoms with Gasteiger partial charge in [-0.05, 0) is 42.2 Å². The van der Waals surface area contributed by atoms with Crippen molar-refractivity contribution >= 4 is 11.7 Å². The highest BCUT2D eigenvalue weighted by Crippen LogP contribution is 2.43. The van der Waals surface area contributed by atoms with Crippen LogP contribution < -0.4 is 4.90 Å². The standard InChI is InChI=1S/C23H18FN3O/c24-19-11-6-10-18(15-19)22-25-23(28-26-22)27-20-12-5-4-9-17(20)13-14-21(27)16-7-2-1-3-8-16/h1-12,15,21H,13-14H2. The van der Waals surface area contributed by atoms with Crippen LogP contribution in [0, 0.1) is 5.82 Å². The number of hydrogen-bond donors (Lipinski definition) is 0. The van der Waals surface area contributed by atoms with Gasteiger partial charge in [-0.2, -0.15) is 4.98 Å². The fourth-order valence-corrected chi connectivity index (χ4v) is 3.83. The fraction of sp³-hybridized carbons (Fsp3) is 0.130. The van der Waals surface area contributed by atoms with Gasteiger partial charge in [-0.15, -0.1) is 0 Å². The lowest BCUT2D eigenvalue weighted by Crippen LogP contribution is -2.29. The van der Waals surface area contributed by atoms with E-state index in [2.05, 4.69) is 39.3 Å². The van der Waals surface area contributed by atoms with Crippen molar-refractivity contribution in [2.24, 2.45) is 0 Å². The maximum Gasteiger partial charge on any atom is 0.329 e. The summed E-state index contributed by atoms with van der Waals surface area (Å²) in [5.74, 6) is 0.0543. The van der Waals surface area contributed by atoms with Crippen LogP contribution in [0.4, 0.5) is 16.1 Å². The number of rotatable bonds is 3. The number of fused-ring (bicyclic) bond motifs is 1. The van der Waals surface area contributed by atoms with E-state index in [1.807, 2.05) is 30.3 Å². The first-order chi connectivity index (χ1) is 13.8. The summed E-state index contributed by atoms with van der Waals surface area (Å²) in [6.07, 6.45) is 1.93. The Morgan fingerprint density at radius 1 is 0.929 bits per heavy atom. The predicted molar refractivity (Wildman–Crippen MR) is 106 cm³/mol. The summed E-state index contributed by atoms with van der Waals surface area (Å²) in [5, 5.41) is 4.11. The SMILES string of the molecule is Fc1cccc(-c2noc(N3c4ccccc4CCC3c3ccccc3)n2)c1. The molecule has 1 aliphatic heterocycles. The molecule has 0 N–H and O–H groups in total. The molecule has 0 fully saturated rings. The lowest BCUT2D eigenvalue weighted by Gasteiger charge is -2.36. The second-order valence-electron chi connectivity index (χ2n) is 6.87. The van der Waals surface area contributed by atoms with Crippen LogP contribution in [0.1, 0.15) is 23.6 Å². The number of para-hydroxylation sites is 1. The average molecular weight is 371 g/mol. The molecule has 0 radical (unpaired) electrons. The van der Waals surface area contributed by atoms with Gasteiger partial charge < -0.3 is 4.52 Å². The molecule has 0 amide bonds. The average Bonchev–Trinajstić information content (AvgIpc) is 3.23. The molecule has 1 aromatic heterocycles. The minimum Gasteiger partial charge on any atom is -0.314 e. The van der Waals surface area contributed by atoms with E-state index in [9.17, 15) is 4.39 Å². The van der Waals surface area contributed by atoms with Crippen molar-refractivity contribution in [3.05, 3.63) is 95.8 Å². The Labute approximate surface area is 162 Å². The fourth-order valence-electron chi connectivity index (χ4n) is 3.83. The number of halogens is 1. The third-order valence-electron chi connectivity index (χ3n) is 5.14. The van der Waals surface area contributed by atoms with Crippen LogP contribution >= 0.6 is 0 Å². The van der Waals surface area contributed by atoms with E-state index in [0.717, 1.165) is 18.5 Å². The molecule has 1 unspecified atom stereocenters. The van der Waals surface area contributed by atoms with Crippen molar-refractivity contribution in [2.45, 2.75) is 18.9 Å². The van der Waals surface area contributed by atoms with E-state index in [1.54, 1.807) is 12.1 Å². The molecule has 0 spiro atoms. The van der Waals surface area contributed by atoms with Gasteiger partial charge in [0.05, 0.1) is 6.04 Å². The maximum atomic E-state index is 13.6. The summed E-state index contributed by atoms with van der Waals surface area (Å²) in [4.78, 5) is 6.70. The zero-order valence-electron chi connectivity index (χ0n) is 15.1. The topological polar surface area (TPSA) is 42.2 Å². The second-order valence-corrected chi connectivity index (χ2v) is 6.87. The van der Waals surface area contributed by atoms with E-state index in [0.29, 0.717) is 17.4 Å². The van der Waals surface area contributed by atoms with Crippen LogP contribution in [0.25, 0.3) is 11.4 Å². The Kier molecular flexibility index (Phi) is 4.13. The first kappa shape index (κ1) is 16.7. The van der Waals surface area contributed by atoms with Gasteiger partial charge in [0.25, 0.3) is 0 Å². The molecular formula is C23H18FN3O. The minimum atomic E-state index is -0.325. The zero-order valence-corrected chi connectivity index (χ0v) is 15.1. The van der Waals surface area contributed by atoms with Crippen LogP contribution in [-0.4, -0.2) is 10.1 Å². The van der Waals surface area contributed by atoms with E-state index < -0.39 is 0 Å². The van der Waals surface area contributed by atoms with Gasteiger partial charge in [-0.1, -0.05) is 65.8 Å². The van der Waals surface area contributed by atoms with E-state index in [-0.39, 0.29) is 11.9 Å². The van der Waals surface area contributed by atoms with Gasteiger partial charge in [-0.3, -0.25) is 4.90 Å². The molecule has 1 aliphatic rings. The summed E-state index contributed by atoms with van der Waals surface area (Å²) in [6.45, 7) is 0. The summed E-state index contributed by atoms with van der Waals surface area (Å²) in [5.41, 5.74) is 4.11. The van der Waals surface area contributed by atoms with Crippen molar-refractivity contribution in [1.82, 2.24) is 10.1 Å². The van der Waals surface area contributed by atoms with Crippen LogP contribution in [0.5, 0.6) is 0 Å². The maximum absolute atomic E-state index is 13.6. The van der Waals surface area contributed by atoms with Crippen molar-refractivity contribution in [1.29, 1.82) is 0 Å². The number of anilines is 2. The molecule has 138 valence electrons. The molecule has 0 saturated heterocycles. The number of hydrogen-bond acceptors (Lipinski definition) is 4. The summed E-state index contributed by atoms with van der Waals surface area (Å²) < 4.78 is 19.2. The van der Waals surface area contributed by atoms with Crippen molar-refractivity contribution in [2.75, 3.05) is 4.90 Å². The third kappa shape index (κ3) is 2.95. The molecule has 3 aromatic carbocycles. The number of aryl methyl sites for hydroxylation is 1. The molecule has 0 bridgehead atoms. The highest BCUT2D eigenvalue weighted by Gasteiger charge is 2.32. The Bertz CT molecular complexity index is 1110. The lowest BCUT2D eigenvalue weighted by molar-refractivity contribution is 0.407. The monoisotopic (exact) mass is 371 g/mol. The van der Waals surface area contributed by atoms with Gasteiger partial charge in [-0.25, -0.2) is 4.39 Å². The Balaban J connectivity index is 1.61. The Morgan fingerprint density at radius 3 is 2.61 bits per heavy atom. The number of benzene rings is 3. The molecule has 0 saturated carbocycles. The predicted octanol–water partition coefficient (Wildman–Crippen LogP) is 5.70. The van der Waals surface area contributed by atoms with E-state index >= 15 is 0 Å². The lowest BCUT2D eigenvalue weighted by atomic mass is 9.91. The third-order valence-corrected chi connectivity index (χ3v) is 5.14. The molecule has 0 aliphatic carbocycles. The highest BCUT2D eigenvalue weighted by atomic mass is 19.1. The normalized spacial score (nSPS) is 16.0. The number of nitrogens with zero attached hydrogens (tertiary/aromatic N) is 3. The first-order valence-corrected chi connectivity index (χ1v) is 9.31. The van der Waals surface area contributed by atoms with Gasteiger partial charge in [0.15, 0.2) is 0 Å². The van der Waals surface area contributed by atoms with Gasteiger partial charge in [0.1, 0.15) is 5.82 Å². The largest absolute Gasteiger partial charge is 0.329 e. The molecule has 28 heavy (non-hydrogen) atoms.